The third-order valence-corrected chi connectivity index (χ3v) is 3.10. The zero-order valence-corrected chi connectivity index (χ0v) is 11.4. The minimum absolute atomic E-state index is 0.173. The molecule has 0 aliphatic rings. The summed E-state index contributed by atoms with van der Waals surface area (Å²) in [6.07, 6.45) is 0. The van der Waals surface area contributed by atoms with E-state index in [0.29, 0.717) is 5.56 Å². The number of carboxylic acids is 1. The molecule has 108 valence electrons. The second kappa shape index (κ2) is 5.32. The van der Waals surface area contributed by atoms with Gasteiger partial charge < -0.3 is 5.11 Å². The Labute approximate surface area is 119 Å². The van der Waals surface area contributed by atoms with Crippen LogP contribution in [0, 0.1) is 29.8 Å². The van der Waals surface area contributed by atoms with Gasteiger partial charge in [-0.15, -0.1) is 0 Å². The molecule has 0 fully saturated rings. The molecule has 0 saturated carbocycles. The van der Waals surface area contributed by atoms with Gasteiger partial charge in [-0.05, 0) is 42.7 Å². The number of nitrogens with zero attached hydrogens (tertiary/aromatic N) is 1. The second-order valence-corrected chi connectivity index (χ2v) is 4.77. The first-order valence-electron chi connectivity index (χ1n) is 6.09. The fraction of sp³-hybridized carbons (Fsp3) is 0.133. The summed E-state index contributed by atoms with van der Waals surface area (Å²) in [6.45, 7) is 3.40. The smallest absolute Gasteiger partial charge is 0.335 e. The highest BCUT2D eigenvalue weighted by atomic mass is 19.1. The number of halogens is 1. The predicted molar refractivity (Wildman–Crippen MR) is 74.9 cm³/mol. The van der Waals surface area contributed by atoms with E-state index in [1.54, 1.807) is 19.9 Å². The van der Waals surface area contributed by atoms with E-state index in [1.165, 1.54) is 18.2 Å². The molecule has 6 heteroatoms. The minimum Gasteiger partial charge on any atom is -0.478 e. The molecule has 2 rings (SSSR count). The van der Waals surface area contributed by atoms with Crippen molar-refractivity contribution in [3.63, 3.8) is 0 Å². The van der Waals surface area contributed by atoms with Gasteiger partial charge in [0, 0.05) is 17.7 Å². The van der Waals surface area contributed by atoms with Crippen LogP contribution in [0.1, 0.15) is 21.5 Å². The van der Waals surface area contributed by atoms with Gasteiger partial charge in [0.25, 0.3) is 5.69 Å². The highest BCUT2D eigenvalue weighted by Crippen LogP contribution is 2.31. The molecule has 2 aromatic rings. The van der Waals surface area contributed by atoms with Crippen LogP contribution in [0.25, 0.3) is 11.1 Å². The van der Waals surface area contributed by atoms with Gasteiger partial charge in [0.2, 0.25) is 0 Å². The van der Waals surface area contributed by atoms with Crippen LogP contribution in [0.5, 0.6) is 0 Å². The maximum Gasteiger partial charge on any atom is 0.335 e. The van der Waals surface area contributed by atoms with Crippen molar-refractivity contribution in [2.75, 3.05) is 0 Å². The maximum atomic E-state index is 14.1. The Kier molecular flexibility index (Phi) is 3.71. The number of rotatable bonds is 3. The molecule has 0 amide bonds. The summed E-state index contributed by atoms with van der Waals surface area (Å²) < 4.78 is 14.1. The van der Waals surface area contributed by atoms with E-state index < -0.39 is 16.7 Å². The zero-order valence-electron chi connectivity index (χ0n) is 11.4. The number of non-ortho nitro benzene ring substituents is 1. The average Bonchev–Trinajstić information content (AvgIpc) is 2.36. The number of aromatic carboxylic acids is 1. The van der Waals surface area contributed by atoms with Gasteiger partial charge in [0.1, 0.15) is 5.82 Å². The topological polar surface area (TPSA) is 80.4 Å². The first kappa shape index (κ1) is 14.6. The SMILES string of the molecule is Cc1cc(C)c(-c2cc(C(=O)O)cc([N+](=O)[O-])c2)c(F)c1. The van der Waals surface area contributed by atoms with Crippen LogP contribution in [-0.2, 0) is 0 Å². The first-order chi connectivity index (χ1) is 9.79. The Bertz CT molecular complexity index is 700. The summed E-state index contributed by atoms with van der Waals surface area (Å²) in [4.78, 5) is 21.3. The number of hydrogen-bond acceptors (Lipinski definition) is 3. The van der Waals surface area contributed by atoms with Crippen LogP contribution in [0.4, 0.5) is 10.1 Å². The number of hydrogen-bond donors (Lipinski definition) is 1. The molecule has 0 saturated heterocycles. The molecule has 2 aromatic carbocycles. The molecular weight excluding hydrogens is 277 g/mol. The third kappa shape index (κ3) is 2.89. The molecule has 0 radical (unpaired) electrons. The van der Waals surface area contributed by atoms with E-state index in [4.69, 9.17) is 5.11 Å². The molecule has 0 bridgehead atoms. The largest absolute Gasteiger partial charge is 0.478 e. The first-order valence-corrected chi connectivity index (χ1v) is 6.09. The van der Waals surface area contributed by atoms with Crippen molar-refractivity contribution in [2.24, 2.45) is 0 Å². The molecule has 0 heterocycles. The Balaban J connectivity index is 2.75. The lowest BCUT2D eigenvalue weighted by Crippen LogP contribution is -2.00. The number of nitro groups is 1. The molecule has 0 aromatic heterocycles. The number of aryl methyl sites for hydroxylation is 2. The highest BCUT2D eigenvalue weighted by Gasteiger charge is 2.18. The van der Waals surface area contributed by atoms with Gasteiger partial charge in [0.15, 0.2) is 0 Å². The molecule has 0 aliphatic heterocycles. The molecule has 0 spiro atoms. The van der Waals surface area contributed by atoms with Crippen molar-refractivity contribution in [3.05, 3.63) is 63.0 Å². The van der Waals surface area contributed by atoms with Crippen LogP contribution >= 0.6 is 0 Å². The van der Waals surface area contributed by atoms with E-state index in [-0.39, 0.29) is 22.4 Å². The fourth-order valence-corrected chi connectivity index (χ4v) is 2.27. The van der Waals surface area contributed by atoms with Crippen molar-refractivity contribution < 1.29 is 19.2 Å². The van der Waals surface area contributed by atoms with Crippen LogP contribution < -0.4 is 0 Å². The van der Waals surface area contributed by atoms with Crippen molar-refractivity contribution in [1.82, 2.24) is 0 Å². The maximum absolute atomic E-state index is 14.1. The zero-order chi connectivity index (χ0) is 15.7. The number of carbonyl (C=O) groups is 1. The standard InChI is InChI=1S/C15H12FNO4/c1-8-3-9(2)14(13(16)4-8)10-5-11(15(18)19)7-12(6-10)17(20)21/h3-7H,1-2H3,(H,18,19). The highest BCUT2D eigenvalue weighted by molar-refractivity contribution is 5.91. The number of nitro benzene ring substituents is 1. The summed E-state index contributed by atoms with van der Waals surface area (Å²) >= 11 is 0. The van der Waals surface area contributed by atoms with Gasteiger partial charge in [-0.25, -0.2) is 9.18 Å². The van der Waals surface area contributed by atoms with Crippen molar-refractivity contribution in [2.45, 2.75) is 13.8 Å². The normalized spacial score (nSPS) is 10.4. The van der Waals surface area contributed by atoms with E-state index in [1.807, 2.05) is 0 Å². The van der Waals surface area contributed by atoms with E-state index in [9.17, 15) is 19.3 Å². The lowest BCUT2D eigenvalue weighted by Gasteiger charge is -2.10. The molecule has 21 heavy (non-hydrogen) atoms. The predicted octanol–water partition coefficient (Wildman–Crippen LogP) is 3.72. The fourth-order valence-electron chi connectivity index (χ4n) is 2.27. The Morgan fingerprint density at radius 3 is 2.38 bits per heavy atom. The van der Waals surface area contributed by atoms with E-state index in [0.717, 1.165) is 11.6 Å². The summed E-state index contributed by atoms with van der Waals surface area (Å²) in [5.41, 5.74) is 1.02. The average molecular weight is 289 g/mol. The molecular formula is C15H12FNO4. The Morgan fingerprint density at radius 1 is 1.19 bits per heavy atom. The lowest BCUT2D eigenvalue weighted by molar-refractivity contribution is -0.384. The second-order valence-electron chi connectivity index (χ2n) is 4.77. The summed E-state index contributed by atoms with van der Waals surface area (Å²) in [5.74, 6) is -1.84. The third-order valence-electron chi connectivity index (χ3n) is 3.10. The van der Waals surface area contributed by atoms with Crippen molar-refractivity contribution >= 4 is 11.7 Å². The van der Waals surface area contributed by atoms with E-state index >= 15 is 0 Å². The number of benzene rings is 2. The minimum atomic E-state index is -1.30. The Morgan fingerprint density at radius 2 is 1.86 bits per heavy atom. The molecule has 1 N–H and O–H groups in total. The van der Waals surface area contributed by atoms with Gasteiger partial charge in [-0.3, -0.25) is 10.1 Å². The van der Waals surface area contributed by atoms with Gasteiger partial charge in [-0.1, -0.05) is 6.07 Å². The monoisotopic (exact) mass is 289 g/mol. The van der Waals surface area contributed by atoms with Crippen LogP contribution in [0.2, 0.25) is 0 Å². The lowest BCUT2D eigenvalue weighted by atomic mass is 9.96. The molecule has 5 nitrogen and oxygen atoms in total. The van der Waals surface area contributed by atoms with Gasteiger partial charge in [-0.2, -0.15) is 0 Å². The van der Waals surface area contributed by atoms with Crippen molar-refractivity contribution in [3.8, 4) is 11.1 Å². The van der Waals surface area contributed by atoms with Crippen molar-refractivity contribution in [1.29, 1.82) is 0 Å². The summed E-state index contributed by atoms with van der Waals surface area (Å²) in [7, 11) is 0. The van der Waals surface area contributed by atoms with Gasteiger partial charge in [0.05, 0.1) is 10.5 Å². The van der Waals surface area contributed by atoms with Crippen LogP contribution in [-0.4, -0.2) is 16.0 Å². The quantitative estimate of drug-likeness (QED) is 0.689. The van der Waals surface area contributed by atoms with Gasteiger partial charge >= 0.3 is 5.97 Å². The molecule has 0 atom stereocenters. The van der Waals surface area contributed by atoms with Crippen LogP contribution in [0.3, 0.4) is 0 Å². The summed E-state index contributed by atoms with van der Waals surface area (Å²) in [6, 6.07) is 6.40. The number of carboxylic acid groups (broad SMARTS) is 1. The van der Waals surface area contributed by atoms with E-state index in [2.05, 4.69) is 0 Å². The summed E-state index contributed by atoms with van der Waals surface area (Å²) in [5, 5.41) is 19.9. The van der Waals surface area contributed by atoms with Crippen LogP contribution in [0.15, 0.2) is 30.3 Å². The molecule has 0 aliphatic carbocycles. The Hall–Kier alpha value is -2.76. The molecule has 0 unspecified atom stereocenters.